The lowest BCUT2D eigenvalue weighted by atomic mass is 10.2. The first-order chi connectivity index (χ1) is 7.24. The second-order valence-electron chi connectivity index (χ2n) is 3.61. The third kappa shape index (κ3) is 4.89. The standard InChI is InChI=1S/C12H17BrClN/c1-2-3-4-5-8-15-12-7-6-10(14)9-11(12)13/h6-7,9,15H,2-5,8H2,1H3. The van der Waals surface area contributed by atoms with Crippen LogP contribution in [0.25, 0.3) is 0 Å². The zero-order valence-electron chi connectivity index (χ0n) is 9.02. The van der Waals surface area contributed by atoms with Crippen molar-refractivity contribution in [3.63, 3.8) is 0 Å². The minimum atomic E-state index is 0.762. The van der Waals surface area contributed by atoms with Gasteiger partial charge in [0.25, 0.3) is 0 Å². The van der Waals surface area contributed by atoms with E-state index in [9.17, 15) is 0 Å². The molecule has 0 radical (unpaired) electrons. The molecule has 0 amide bonds. The van der Waals surface area contributed by atoms with Crippen molar-refractivity contribution in [2.45, 2.75) is 32.6 Å². The van der Waals surface area contributed by atoms with Gasteiger partial charge in [-0.3, -0.25) is 0 Å². The van der Waals surface area contributed by atoms with E-state index in [0.29, 0.717) is 0 Å². The van der Waals surface area contributed by atoms with Crippen LogP contribution >= 0.6 is 27.5 Å². The Bertz CT molecular complexity index is 302. The van der Waals surface area contributed by atoms with Crippen LogP contribution < -0.4 is 5.32 Å². The molecule has 0 saturated heterocycles. The van der Waals surface area contributed by atoms with Gasteiger partial charge in [-0.15, -0.1) is 0 Å². The van der Waals surface area contributed by atoms with Gasteiger partial charge >= 0.3 is 0 Å². The van der Waals surface area contributed by atoms with Gasteiger partial charge in [-0.05, 0) is 40.5 Å². The largest absolute Gasteiger partial charge is 0.384 e. The van der Waals surface area contributed by atoms with Crippen molar-refractivity contribution in [3.8, 4) is 0 Å². The molecule has 1 aromatic rings. The summed E-state index contributed by atoms with van der Waals surface area (Å²) in [4.78, 5) is 0. The van der Waals surface area contributed by atoms with Gasteiger partial charge in [-0.1, -0.05) is 37.8 Å². The summed E-state index contributed by atoms with van der Waals surface area (Å²) in [6.45, 7) is 3.25. The smallest absolute Gasteiger partial charge is 0.0485 e. The minimum absolute atomic E-state index is 0.762. The maximum absolute atomic E-state index is 5.86. The van der Waals surface area contributed by atoms with Crippen molar-refractivity contribution in [1.29, 1.82) is 0 Å². The quantitative estimate of drug-likeness (QED) is 0.719. The Morgan fingerprint density at radius 1 is 1.27 bits per heavy atom. The fourth-order valence-corrected chi connectivity index (χ4v) is 2.23. The number of halogens is 2. The van der Waals surface area contributed by atoms with E-state index < -0.39 is 0 Å². The number of unbranched alkanes of at least 4 members (excludes halogenated alkanes) is 3. The van der Waals surface area contributed by atoms with Gasteiger partial charge in [0.15, 0.2) is 0 Å². The Balaban J connectivity index is 2.31. The molecule has 0 atom stereocenters. The van der Waals surface area contributed by atoms with Crippen LogP contribution in [0.15, 0.2) is 22.7 Å². The molecule has 0 aliphatic heterocycles. The second kappa shape index (κ2) is 7.13. The van der Waals surface area contributed by atoms with Crippen molar-refractivity contribution in [2.24, 2.45) is 0 Å². The maximum Gasteiger partial charge on any atom is 0.0485 e. The van der Waals surface area contributed by atoms with Crippen molar-refractivity contribution in [3.05, 3.63) is 27.7 Å². The van der Waals surface area contributed by atoms with Crippen molar-refractivity contribution in [2.75, 3.05) is 11.9 Å². The Labute approximate surface area is 105 Å². The average molecular weight is 291 g/mol. The van der Waals surface area contributed by atoms with Crippen LogP contribution in [0.5, 0.6) is 0 Å². The van der Waals surface area contributed by atoms with Gasteiger partial charge in [0, 0.05) is 21.7 Å². The van der Waals surface area contributed by atoms with Crippen LogP contribution in [-0.2, 0) is 0 Å². The first-order valence-electron chi connectivity index (χ1n) is 5.43. The van der Waals surface area contributed by atoms with Crippen molar-refractivity contribution in [1.82, 2.24) is 0 Å². The summed E-state index contributed by atoms with van der Waals surface area (Å²) in [5.41, 5.74) is 1.12. The average Bonchev–Trinajstić information content (AvgIpc) is 2.20. The van der Waals surface area contributed by atoms with E-state index in [-0.39, 0.29) is 0 Å². The summed E-state index contributed by atoms with van der Waals surface area (Å²) in [5.74, 6) is 0. The highest BCUT2D eigenvalue weighted by molar-refractivity contribution is 9.10. The maximum atomic E-state index is 5.86. The lowest BCUT2D eigenvalue weighted by Gasteiger charge is -2.08. The highest BCUT2D eigenvalue weighted by Crippen LogP contribution is 2.25. The summed E-state index contributed by atoms with van der Waals surface area (Å²) < 4.78 is 1.03. The zero-order chi connectivity index (χ0) is 11.1. The van der Waals surface area contributed by atoms with E-state index >= 15 is 0 Å². The highest BCUT2D eigenvalue weighted by atomic mass is 79.9. The van der Waals surface area contributed by atoms with Crippen LogP contribution in [0.3, 0.4) is 0 Å². The monoisotopic (exact) mass is 289 g/mol. The Hall–Kier alpha value is -0.210. The van der Waals surface area contributed by atoms with Gasteiger partial charge < -0.3 is 5.32 Å². The lowest BCUT2D eigenvalue weighted by molar-refractivity contribution is 0.685. The van der Waals surface area contributed by atoms with E-state index in [1.165, 1.54) is 25.7 Å². The highest BCUT2D eigenvalue weighted by Gasteiger charge is 1.99. The van der Waals surface area contributed by atoms with E-state index in [2.05, 4.69) is 28.2 Å². The molecule has 0 aliphatic carbocycles. The Morgan fingerprint density at radius 3 is 2.73 bits per heavy atom. The van der Waals surface area contributed by atoms with Crippen LogP contribution in [-0.4, -0.2) is 6.54 Å². The number of benzene rings is 1. The van der Waals surface area contributed by atoms with Crippen molar-refractivity contribution < 1.29 is 0 Å². The van der Waals surface area contributed by atoms with E-state index in [1.54, 1.807) is 0 Å². The normalized spacial score (nSPS) is 10.3. The van der Waals surface area contributed by atoms with Gasteiger partial charge in [-0.25, -0.2) is 0 Å². The van der Waals surface area contributed by atoms with E-state index in [0.717, 1.165) is 21.7 Å². The van der Waals surface area contributed by atoms with Gasteiger partial charge in [0.1, 0.15) is 0 Å². The molecule has 1 nitrogen and oxygen atoms in total. The third-order valence-electron chi connectivity index (χ3n) is 2.28. The molecule has 0 saturated carbocycles. The molecule has 3 heteroatoms. The van der Waals surface area contributed by atoms with Crippen LogP contribution in [0.1, 0.15) is 32.6 Å². The van der Waals surface area contributed by atoms with Gasteiger partial charge in [-0.2, -0.15) is 0 Å². The van der Waals surface area contributed by atoms with Crippen molar-refractivity contribution >= 4 is 33.2 Å². The predicted molar refractivity (Wildman–Crippen MR) is 71.8 cm³/mol. The van der Waals surface area contributed by atoms with Crippen LogP contribution in [0, 0.1) is 0 Å². The lowest BCUT2D eigenvalue weighted by Crippen LogP contribution is -2.01. The predicted octanol–water partition coefficient (Wildman–Crippen LogP) is 5.09. The SMILES string of the molecule is CCCCCCNc1ccc(Cl)cc1Br. The Kier molecular flexibility index (Phi) is 6.11. The second-order valence-corrected chi connectivity index (χ2v) is 4.90. The summed E-state index contributed by atoms with van der Waals surface area (Å²) in [7, 11) is 0. The topological polar surface area (TPSA) is 12.0 Å². The number of rotatable bonds is 6. The molecule has 0 heterocycles. The third-order valence-corrected chi connectivity index (χ3v) is 3.17. The first kappa shape index (κ1) is 12.9. The number of hydrogen-bond donors (Lipinski definition) is 1. The molecule has 0 unspecified atom stereocenters. The molecule has 0 aliphatic rings. The molecule has 0 spiro atoms. The van der Waals surface area contributed by atoms with Crippen LogP contribution in [0.2, 0.25) is 5.02 Å². The molecule has 0 fully saturated rings. The summed E-state index contributed by atoms with van der Waals surface area (Å²) in [5, 5.41) is 4.16. The number of nitrogens with one attached hydrogen (secondary N) is 1. The Morgan fingerprint density at radius 2 is 2.07 bits per heavy atom. The van der Waals surface area contributed by atoms with Crippen LogP contribution in [0.4, 0.5) is 5.69 Å². The van der Waals surface area contributed by atoms with E-state index in [4.69, 9.17) is 11.6 Å². The van der Waals surface area contributed by atoms with E-state index in [1.807, 2.05) is 18.2 Å². The van der Waals surface area contributed by atoms with Gasteiger partial charge in [0.2, 0.25) is 0 Å². The molecule has 0 bridgehead atoms. The molecular weight excluding hydrogens is 273 g/mol. The number of hydrogen-bond acceptors (Lipinski definition) is 1. The summed E-state index contributed by atoms with van der Waals surface area (Å²) >= 11 is 9.34. The summed E-state index contributed by atoms with van der Waals surface area (Å²) in [6, 6.07) is 5.82. The molecule has 1 rings (SSSR count). The minimum Gasteiger partial charge on any atom is -0.384 e. The van der Waals surface area contributed by atoms with Gasteiger partial charge in [0.05, 0.1) is 0 Å². The number of anilines is 1. The molecule has 1 aromatic carbocycles. The fraction of sp³-hybridized carbons (Fsp3) is 0.500. The first-order valence-corrected chi connectivity index (χ1v) is 6.60. The molecule has 1 N–H and O–H groups in total. The fourth-order valence-electron chi connectivity index (χ4n) is 1.41. The molecular formula is C12H17BrClN. The molecule has 0 aromatic heterocycles. The molecule has 84 valence electrons. The zero-order valence-corrected chi connectivity index (χ0v) is 11.4. The molecule has 15 heavy (non-hydrogen) atoms. The summed E-state index contributed by atoms with van der Waals surface area (Å²) in [6.07, 6.45) is 5.13.